The van der Waals surface area contributed by atoms with Gasteiger partial charge in [-0.3, -0.25) is 4.79 Å². The van der Waals surface area contributed by atoms with Crippen LogP contribution < -0.4 is 16.0 Å². The third-order valence-corrected chi connectivity index (χ3v) is 6.59. The topological polar surface area (TPSA) is 99.7 Å². The summed E-state index contributed by atoms with van der Waals surface area (Å²) in [6.07, 6.45) is -0.273. The number of benzene rings is 3. The van der Waals surface area contributed by atoms with E-state index in [0.29, 0.717) is 12.8 Å². The number of carbonyl (C=O) groups excluding carboxylic acids is 2. The van der Waals surface area contributed by atoms with Crippen LogP contribution in [0.25, 0.3) is 0 Å². The van der Waals surface area contributed by atoms with Crippen molar-refractivity contribution in [1.29, 1.82) is 0 Å². The predicted octanol–water partition coefficient (Wildman–Crippen LogP) is 5.33. The van der Waals surface area contributed by atoms with Gasteiger partial charge in [0.05, 0.1) is 18.7 Å². The molecule has 0 aromatic heterocycles. The molecule has 0 aliphatic rings. The van der Waals surface area contributed by atoms with Gasteiger partial charge < -0.3 is 25.8 Å². The van der Waals surface area contributed by atoms with Crippen molar-refractivity contribution in [3.05, 3.63) is 101 Å². The van der Waals surface area contributed by atoms with Crippen LogP contribution in [-0.2, 0) is 22.4 Å². The van der Waals surface area contributed by atoms with Gasteiger partial charge in [-0.15, -0.1) is 0 Å². The Morgan fingerprint density at radius 2 is 1.35 bits per heavy atom. The number of aryl methyl sites for hydroxylation is 2. The Morgan fingerprint density at radius 3 is 1.90 bits per heavy atom. The number of rotatable bonds is 12. The maximum absolute atomic E-state index is 13.1. The Balaban J connectivity index is 1.74. The molecule has 3 aromatic carbocycles. The summed E-state index contributed by atoms with van der Waals surface area (Å²) in [5, 5.41) is 20.7. The van der Waals surface area contributed by atoms with Crippen LogP contribution in [-0.4, -0.2) is 47.4 Å². The Bertz CT molecular complexity index is 1210. The van der Waals surface area contributed by atoms with E-state index >= 15 is 0 Å². The number of aliphatic hydroxyl groups excluding tert-OH is 1. The Kier molecular flexibility index (Phi) is 11.1. The number of aliphatic hydroxyl groups is 1. The van der Waals surface area contributed by atoms with Gasteiger partial charge in [-0.2, -0.15) is 0 Å². The Morgan fingerprint density at radius 1 is 0.800 bits per heavy atom. The summed E-state index contributed by atoms with van der Waals surface area (Å²) >= 11 is 0. The van der Waals surface area contributed by atoms with Crippen LogP contribution in [0, 0.1) is 13.8 Å². The van der Waals surface area contributed by atoms with Crippen molar-refractivity contribution < 1.29 is 19.4 Å². The summed E-state index contributed by atoms with van der Waals surface area (Å²) in [5.41, 5.74) is 4.43. The molecule has 3 rings (SSSR count). The molecule has 0 saturated carbocycles. The van der Waals surface area contributed by atoms with E-state index < -0.39 is 29.9 Å². The number of nitrogens with one attached hydrogen (secondary N) is 3. The van der Waals surface area contributed by atoms with Gasteiger partial charge in [0.25, 0.3) is 0 Å². The molecule has 2 amide bonds. The number of anilines is 1. The summed E-state index contributed by atoms with van der Waals surface area (Å²) in [4.78, 5) is 25.7. The van der Waals surface area contributed by atoms with E-state index in [4.69, 9.17) is 4.74 Å². The van der Waals surface area contributed by atoms with Gasteiger partial charge in [0.2, 0.25) is 5.91 Å². The molecule has 214 valence electrons. The molecule has 40 heavy (non-hydrogen) atoms. The van der Waals surface area contributed by atoms with Crippen LogP contribution >= 0.6 is 0 Å². The second-order valence-electron chi connectivity index (χ2n) is 11.3. The molecule has 0 heterocycles. The molecule has 3 unspecified atom stereocenters. The number of para-hydroxylation sites is 1. The second kappa shape index (κ2) is 14.5. The van der Waals surface area contributed by atoms with Crippen molar-refractivity contribution in [2.24, 2.45) is 0 Å². The fraction of sp³-hybridized carbons (Fsp3) is 0.394. The molecule has 7 nitrogen and oxygen atoms in total. The molecule has 3 atom stereocenters. The lowest BCUT2D eigenvalue weighted by Gasteiger charge is -2.29. The molecular weight excluding hydrogens is 502 g/mol. The number of alkyl carbamates (subject to hydrolysis) is 1. The first-order valence-electron chi connectivity index (χ1n) is 13.8. The molecule has 0 aliphatic heterocycles. The van der Waals surface area contributed by atoms with Crippen molar-refractivity contribution >= 4 is 17.7 Å². The molecule has 0 saturated heterocycles. The first-order chi connectivity index (χ1) is 19.0. The highest BCUT2D eigenvalue weighted by atomic mass is 16.6. The zero-order chi connectivity index (χ0) is 29.1. The molecule has 0 bridgehead atoms. The summed E-state index contributed by atoms with van der Waals surface area (Å²) in [5.74, 6) is -0.220. The highest BCUT2D eigenvalue weighted by Crippen LogP contribution is 2.19. The fourth-order valence-corrected chi connectivity index (χ4v) is 4.69. The largest absolute Gasteiger partial charge is 0.444 e. The molecule has 0 radical (unpaired) electrons. The minimum Gasteiger partial charge on any atom is -0.444 e. The van der Waals surface area contributed by atoms with Crippen LogP contribution in [0.3, 0.4) is 0 Å². The SMILES string of the molecule is Cc1cccc(C)c1NCC(=O)NC(Cc1ccccc1)C(O)CC(Cc1ccccc1)NC(=O)OC(C)(C)C. The van der Waals surface area contributed by atoms with E-state index in [0.717, 1.165) is 27.9 Å². The van der Waals surface area contributed by atoms with E-state index in [2.05, 4.69) is 16.0 Å². The van der Waals surface area contributed by atoms with Gasteiger partial charge in [0.1, 0.15) is 5.60 Å². The Labute approximate surface area is 238 Å². The lowest BCUT2D eigenvalue weighted by Crippen LogP contribution is -2.50. The standard InChI is InChI=1S/C33H43N3O4/c1-23-13-12-14-24(2)31(23)34-22-30(38)36-28(20-26-17-10-7-11-18-26)29(37)21-27(19-25-15-8-6-9-16-25)35-32(39)40-33(3,4)5/h6-18,27-29,34,37H,19-22H2,1-5H3,(H,35,39)(H,36,38). The molecule has 7 heteroatoms. The maximum Gasteiger partial charge on any atom is 0.407 e. The number of hydrogen-bond donors (Lipinski definition) is 4. The summed E-state index contributed by atoms with van der Waals surface area (Å²) in [7, 11) is 0. The third kappa shape index (κ3) is 10.4. The van der Waals surface area contributed by atoms with Gasteiger partial charge in [0.15, 0.2) is 0 Å². The zero-order valence-electron chi connectivity index (χ0n) is 24.2. The minimum atomic E-state index is -0.923. The fourth-order valence-electron chi connectivity index (χ4n) is 4.69. The number of ether oxygens (including phenoxy) is 1. The minimum absolute atomic E-state index is 0.0767. The molecular formula is C33H43N3O4. The zero-order valence-corrected chi connectivity index (χ0v) is 24.2. The average molecular weight is 546 g/mol. The van der Waals surface area contributed by atoms with E-state index in [9.17, 15) is 14.7 Å². The molecule has 0 aliphatic carbocycles. The lowest BCUT2D eigenvalue weighted by molar-refractivity contribution is -0.121. The lowest BCUT2D eigenvalue weighted by atomic mass is 9.93. The highest BCUT2D eigenvalue weighted by Gasteiger charge is 2.27. The van der Waals surface area contributed by atoms with Gasteiger partial charge in [-0.05, 0) is 76.1 Å². The van der Waals surface area contributed by atoms with Crippen molar-refractivity contribution in [2.45, 2.75) is 77.7 Å². The molecule has 4 N–H and O–H groups in total. The third-order valence-electron chi connectivity index (χ3n) is 6.59. The normalized spacial score (nSPS) is 13.6. The average Bonchev–Trinajstić information content (AvgIpc) is 2.88. The number of carbonyl (C=O) groups is 2. The quantitative estimate of drug-likeness (QED) is 0.247. The molecule has 0 spiro atoms. The van der Waals surface area contributed by atoms with E-state index in [1.165, 1.54) is 0 Å². The monoisotopic (exact) mass is 545 g/mol. The van der Waals surface area contributed by atoms with E-state index in [1.54, 1.807) is 0 Å². The predicted molar refractivity (Wildman–Crippen MR) is 160 cm³/mol. The second-order valence-corrected chi connectivity index (χ2v) is 11.3. The van der Waals surface area contributed by atoms with Crippen molar-refractivity contribution in [3.63, 3.8) is 0 Å². The van der Waals surface area contributed by atoms with Crippen LogP contribution in [0.2, 0.25) is 0 Å². The molecule has 0 fully saturated rings. The van der Waals surface area contributed by atoms with Gasteiger partial charge in [-0.1, -0.05) is 78.9 Å². The van der Waals surface area contributed by atoms with Gasteiger partial charge in [-0.25, -0.2) is 4.79 Å². The van der Waals surface area contributed by atoms with Crippen LogP contribution in [0.1, 0.15) is 49.4 Å². The van der Waals surface area contributed by atoms with Crippen LogP contribution in [0.15, 0.2) is 78.9 Å². The first-order valence-corrected chi connectivity index (χ1v) is 13.8. The van der Waals surface area contributed by atoms with Crippen molar-refractivity contribution in [3.8, 4) is 0 Å². The van der Waals surface area contributed by atoms with Crippen molar-refractivity contribution in [2.75, 3.05) is 11.9 Å². The Hall–Kier alpha value is -3.84. The van der Waals surface area contributed by atoms with Crippen LogP contribution in [0.5, 0.6) is 0 Å². The van der Waals surface area contributed by atoms with Gasteiger partial charge in [0, 0.05) is 11.7 Å². The summed E-state index contributed by atoms with van der Waals surface area (Å²) in [6.45, 7) is 9.51. The van der Waals surface area contributed by atoms with E-state index in [-0.39, 0.29) is 18.9 Å². The van der Waals surface area contributed by atoms with Crippen LogP contribution in [0.4, 0.5) is 10.5 Å². The summed E-state index contributed by atoms with van der Waals surface area (Å²) < 4.78 is 5.49. The van der Waals surface area contributed by atoms with Gasteiger partial charge >= 0.3 is 6.09 Å². The van der Waals surface area contributed by atoms with E-state index in [1.807, 2.05) is 113 Å². The number of amides is 2. The first kappa shape index (κ1) is 30.7. The maximum atomic E-state index is 13.1. The summed E-state index contributed by atoms with van der Waals surface area (Å²) in [6, 6.07) is 24.6. The number of hydrogen-bond acceptors (Lipinski definition) is 5. The molecule has 3 aromatic rings. The van der Waals surface area contributed by atoms with Crippen molar-refractivity contribution in [1.82, 2.24) is 10.6 Å². The highest BCUT2D eigenvalue weighted by molar-refractivity contribution is 5.81. The smallest absolute Gasteiger partial charge is 0.407 e.